The smallest absolute Gasteiger partial charge is 0.309 e. The Bertz CT molecular complexity index is 1610. The highest BCUT2D eigenvalue weighted by atomic mass is 35.5. The van der Waals surface area contributed by atoms with Gasteiger partial charge in [-0.25, -0.2) is 4.79 Å². The van der Waals surface area contributed by atoms with E-state index in [0.29, 0.717) is 29.6 Å². The van der Waals surface area contributed by atoms with Gasteiger partial charge in [0, 0.05) is 50.9 Å². The number of hydrogen-bond donors (Lipinski definition) is 0. The summed E-state index contributed by atoms with van der Waals surface area (Å²) in [5.74, 6) is 0.0817. The van der Waals surface area contributed by atoms with E-state index in [1.165, 1.54) is 0 Å². The molecule has 0 bridgehead atoms. The molecule has 0 radical (unpaired) electrons. The van der Waals surface area contributed by atoms with E-state index in [2.05, 4.69) is 35.7 Å². The van der Waals surface area contributed by atoms with E-state index in [0.717, 1.165) is 72.0 Å². The number of aryl methyl sites for hydroxylation is 1. The molecule has 4 aromatic rings. The summed E-state index contributed by atoms with van der Waals surface area (Å²) in [6.07, 6.45) is 2.90. The molecule has 3 aromatic carbocycles. The number of aromatic nitrogens is 2. The van der Waals surface area contributed by atoms with Gasteiger partial charge in [0.15, 0.2) is 0 Å². The number of piperidine rings is 1. The number of halogens is 2. The van der Waals surface area contributed by atoms with Crippen LogP contribution in [0, 0.1) is 0 Å². The van der Waals surface area contributed by atoms with Gasteiger partial charge in [0.25, 0.3) is 0 Å². The number of amides is 1. The van der Waals surface area contributed by atoms with Crippen LogP contribution in [0.5, 0.6) is 0 Å². The number of hydrogen-bond acceptors (Lipinski definition) is 3. The molecule has 5 rings (SSSR count). The number of rotatable bonds is 9. The highest BCUT2D eigenvalue weighted by Gasteiger charge is 2.29. The van der Waals surface area contributed by atoms with Crippen molar-refractivity contribution in [3.8, 4) is 0 Å². The second-order valence-corrected chi connectivity index (χ2v) is 11.6. The van der Waals surface area contributed by atoms with Gasteiger partial charge in [-0.1, -0.05) is 60.0 Å². The van der Waals surface area contributed by atoms with E-state index < -0.39 is 0 Å². The molecule has 1 saturated heterocycles. The Morgan fingerprint density at radius 1 is 0.925 bits per heavy atom. The molecule has 210 valence electrons. The number of imidazole rings is 1. The molecule has 8 heteroatoms. The molecule has 1 aliphatic heterocycles. The predicted octanol–water partition coefficient (Wildman–Crippen LogP) is 7.14. The first-order valence-electron chi connectivity index (χ1n) is 14.0. The minimum absolute atomic E-state index is 0.0285. The topological polar surface area (TPSA) is 50.5 Å². The zero-order valence-corrected chi connectivity index (χ0v) is 24.7. The fourth-order valence-corrected chi connectivity index (χ4v) is 6.03. The summed E-state index contributed by atoms with van der Waals surface area (Å²) in [5.41, 5.74) is 3.83. The van der Waals surface area contributed by atoms with Gasteiger partial charge in [-0.2, -0.15) is 0 Å². The molecule has 0 unspecified atom stereocenters. The maximum absolute atomic E-state index is 13.6. The lowest BCUT2D eigenvalue weighted by Crippen LogP contribution is -2.48. The maximum atomic E-state index is 13.6. The van der Waals surface area contributed by atoms with Crippen LogP contribution in [0.15, 0.2) is 71.5 Å². The number of allylic oxidation sites excluding steroid dienone is 1. The lowest BCUT2D eigenvalue weighted by atomic mass is 10.0. The number of carbonyl (C=O) groups excluding carboxylic acids is 1. The zero-order chi connectivity index (χ0) is 28.4. The molecular formula is C32H36Cl2N4O2. The van der Waals surface area contributed by atoms with Gasteiger partial charge < -0.3 is 9.80 Å². The van der Waals surface area contributed by atoms with Crippen LogP contribution in [-0.2, 0) is 17.9 Å². The van der Waals surface area contributed by atoms with Crippen LogP contribution >= 0.6 is 23.2 Å². The Labute approximate surface area is 245 Å². The van der Waals surface area contributed by atoms with Crippen molar-refractivity contribution in [3.05, 3.63) is 87.3 Å². The second kappa shape index (κ2) is 12.2. The van der Waals surface area contributed by atoms with Crippen molar-refractivity contribution in [2.24, 2.45) is 0 Å². The van der Waals surface area contributed by atoms with Crippen molar-refractivity contribution in [2.45, 2.75) is 58.7 Å². The number of benzene rings is 3. The van der Waals surface area contributed by atoms with Crippen molar-refractivity contribution in [1.82, 2.24) is 14.0 Å². The third-order valence-electron chi connectivity index (χ3n) is 7.96. The Hall–Kier alpha value is -3.06. The highest BCUT2D eigenvalue weighted by molar-refractivity contribution is 6.42. The van der Waals surface area contributed by atoms with Gasteiger partial charge in [-0.05, 0) is 67.3 Å². The minimum atomic E-state index is 0.0285. The van der Waals surface area contributed by atoms with E-state index >= 15 is 0 Å². The molecule has 0 saturated carbocycles. The first-order valence-corrected chi connectivity index (χ1v) is 14.8. The third-order valence-corrected chi connectivity index (χ3v) is 8.70. The summed E-state index contributed by atoms with van der Waals surface area (Å²) >= 11 is 12.4. The average Bonchev–Trinajstić information content (AvgIpc) is 3.21. The van der Waals surface area contributed by atoms with E-state index in [1.807, 2.05) is 46.1 Å². The summed E-state index contributed by atoms with van der Waals surface area (Å²) in [7, 11) is 0. The van der Waals surface area contributed by atoms with E-state index in [1.54, 1.807) is 12.1 Å². The van der Waals surface area contributed by atoms with Crippen molar-refractivity contribution >= 4 is 56.6 Å². The van der Waals surface area contributed by atoms with Gasteiger partial charge in [-0.3, -0.25) is 13.9 Å². The minimum Gasteiger partial charge on any atom is -0.309 e. The average molecular weight is 580 g/mol. The summed E-state index contributed by atoms with van der Waals surface area (Å²) < 4.78 is 3.82. The number of likely N-dealkylation sites (tertiary alicyclic amines) is 1. The number of nitrogens with zero attached hydrogens (tertiary/aromatic N) is 4. The molecule has 0 atom stereocenters. The van der Waals surface area contributed by atoms with Crippen molar-refractivity contribution < 1.29 is 4.79 Å². The molecule has 0 aliphatic carbocycles. The Kier molecular flexibility index (Phi) is 8.69. The standard InChI is InChI=1S/C32H36Cl2N4O2/c1-4-31(39)38(26-9-10-27(33)28(34)21-26)25-12-14-35(15-13-25)17-18-37-30-20-24-8-6-5-7-23(24)19-29(30)36(32(37)40)16-11-22(2)3/h5-10,19-21,25H,2,4,11-18H2,1,3H3. The van der Waals surface area contributed by atoms with Gasteiger partial charge in [-0.15, -0.1) is 6.58 Å². The van der Waals surface area contributed by atoms with Crippen molar-refractivity contribution in [1.29, 1.82) is 0 Å². The van der Waals surface area contributed by atoms with Crippen LogP contribution in [0.2, 0.25) is 10.0 Å². The molecule has 40 heavy (non-hydrogen) atoms. The predicted molar refractivity (Wildman–Crippen MR) is 167 cm³/mol. The van der Waals surface area contributed by atoms with Gasteiger partial charge in [0.05, 0.1) is 21.1 Å². The quantitative estimate of drug-likeness (QED) is 0.198. The molecule has 2 heterocycles. The van der Waals surface area contributed by atoms with Crippen LogP contribution in [0.25, 0.3) is 21.8 Å². The lowest BCUT2D eigenvalue weighted by Gasteiger charge is -2.38. The zero-order valence-electron chi connectivity index (χ0n) is 23.2. The fourth-order valence-electron chi connectivity index (χ4n) is 5.74. The number of fused-ring (bicyclic) bond motifs is 2. The highest BCUT2D eigenvalue weighted by Crippen LogP contribution is 2.31. The van der Waals surface area contributed by atoms with Crippen molar-refractivity contribution in [2.75, 3.05) is 24.5 Å². The van der Waals surface area contributed by atoms with E-state index in [9.17, 15) is 9.59 Å². The Morgan fingerprint density at radius 3 is 2.12 bits per heavy atom. The maximum Gasteiger partial charge on any atom is 0.329 e. The summed E-state index contributed by atoms with van der Waals surface area (Å²) in [4.78, 5) is 30.9. The van der Waals surface area contributed by atoms with Crippen LogP contribution in [-0.4, -0.2) is 45.6 Å². The lowest BCUT2D eigenvalue weighted by molar-refractivity contribution is -0.119. The van der Waals surface area contributed by atoms with E-state index in [4.69, 9.17) is 23.2 Å². The molecule has 0 spiro atoms. The molecule has 1 aliphatic rings. The molecule has 0 N–H and O–H groups in total. The van der Waals surface area contributed by atoms with Gasteiger partial charge in [0.1, 0.15) is 0 Å². The van der Waals surface area contributed by atoms with Crippen LogP contribution in [0.4, 0.5) is 5.69 Å². The van der Waals surface area contributed by atoms with Crippen LogP contribution < -0.4 is 10.6 Å². The summed E-state index contributed by atoms with van der Waals surface area (Å²) in [5, 5.41) is 3.19. The second-order valence-electron chi connectivity index (χ2n) is 10.8. The normalized spacial score (nSPS) is 14.7. The molecular weight excluding hydrogens is 543 g/mol. The van der Waals surface area contributed by atoms with Gasteiger partial charge >= 0.3 is 5.69 Å². The summed E-state index contributed by atoms with van der Waals surface area (Å²) in [6, 6.07) is 18.0. The monoisotopic (exact) mass is 578 g/mol. The SMILES string of the molecule is C=C(C)CCn1c(=O)n(CCN2CCC(N(C(=O)CC)c3ccc(Cl)c(Cl)c3)CC2)c2cc3ccccc3cc21. The molecule has 1 amide bonds. The fraction of sp³-hybridized carbons (Fsp3) is 0.375. The molecule has 1 fully saturated rings. The first kappa shape index (κ1) is 28.5. The Balaban J connectivity index is 1.33. The largest absolute Gasteiger partial charge is 0.329 e. The van der Waals surface area contributed by atoms with E-state index in [-0.39, 0.29) is 17.6 Å². The summed E-state index contributed by atoms with van der Waals surface area (Å²) in [6.45, 7) is 11.6. The third kappa shape index (κ3) is 5.85. The molecule has 1 aromatic heterocycles. The first-order chi connectivity index (χ1) is 19.3. The van der Waals surface area contributed by atoms with Crippen molar-refractivity contribution in [3.63, 3.8) is 0 Å². The number of carbonyl (C=O) groups is 1. The number of anilines is 1. The Morgan fingerprint density at radius 2 is 1.55 bits per heavy atom. The van der Waals surface area contributed by atoms with Crippen LogP contribution in [0.1, 0.15) is 39.5 Å². The molecule has 6 nitrogen and oxygen atoms in total. The van der Waals surface area contributed by atoms with Crippen LogP contribution in [0.3, 0.4) is 0 Å². The van der Waals surface area contributed by atoms with Gasteiger partial charge in [0.2, 0.25) is 5.91 Å².